The molecule has 0 heteroatoms. The first-order valence-corrected chi connectivity index (χ1v) is 8.50. The number of hydrogen-bond acceptors (Lipinski definition) is 0. The molecular weight excluding hydrogens is 288 g/mol. The fourth-order valence-corrected chi connectivity index (χ4v) is 3.40. The molecule has 0 fully saturated rings. The summed E-state index contributed by atoms with van der Waals surface area (Å²) in [6.07, 6.45) is 15.6. The van der Waals surface area contributed by atoms with Gasteiger partial charge in [-0.1, -0.05) is 97.1 Å². The molecule has 24 heavy (non-hydrogen) atoms. The van der Waals surface area contributed by atoms with E-state index < -0.39 is 0 Å². The molecule has 0 aromatic heterocycles. The Balaban J connectivity index is 1.82. The molecule has 0 heterocycles. The molecule has 0 atom stereocenters. The van der Waals surface area contributed by atoms with E-state index in [1.54, 1.807) is 0 Å². The summed E-state index contributed by atoms with van der Waals surface area (Å²) in [5.74, 6) is 0. The van der Waals surface area contributed by atoms with Gasteiger partial charge in [0.2, 0.25) is 0 Å². The van der Waals surface area contributed by atoms with Crippen LogP contribution in [-0.2, 0) is 0 Å². The van der Waals surface area contributed by atoms with Crippen molar-refractivity contribution in [2.24, 2.45) is 0 Å². The van der Waals surface area contributed by atoms with Crippen LogP contribution in [0.2, 0.25) is 0 Å². The van der Waals surface area contributed by atoms with E-state index in [2.05, 4.69) is 97.1 Å². The highest BCUT2D eigenvalue weighted by molar-refractivity contribution is 5.87. The second-order valence-electron chi connectivity index (χ2n) is 6.17. The van der Waals surface area contributed by atoms with E-state index in [0.29, 0.717) is 0 Å². The zero-order valence-corrected chi connectivity index (χ0v) is 13.7. The summed E-state index contributed by atoms with van der Waals surface area (Å²) in [4.78, 5) is 0. The highest BCUT2D eigenvalue weighted by Crippen LogP contribution is 2.36. The van der Waals surface area contributed by atoms with E-state index in [0.717, 1.165) is 12.8 Å². The van der Waals surface area contributed by atoms with Crippen molar-refractivity contribution in [1.29, 1.82) is 0 Å². The Morgan fingerprint density at radius 3 is 2.04 bits per heavy atom. The van der Waals surface area contributed by atoms with Crippen LogP contribution in [0, 0.1) is 0 Å². The van der Waals surface area contributed by atoms with Gasteiger partial charge >= 0.3 is 0 Å². The molecule has 2 aliphatic carbocycles. The molecular formula is C24H20. The summed E-state index contributed by atoms with van der Waals surface area (Å²) >= 11 is 0. The molecule has 0 amide bonds. The maximum Gasteiger partial charge on any atom is -0.00228 e. The van der Waals surface area contributed by atoms with Crippen molar-refractivity contribution in [2.75, 3.05) is 0 Å². The van der Waals surface area contributed by atoms with Gasteiger partial charge in [-0.3, -0.25) is 0 Å². The van der Waals surface area contributed by atoms with Crippen molar-refractivity contribution in [2.45, 2.75) is 12.8 Å². The Hall–Kier alpha value is -2.86. The third-order valence-electron chi connectivity index (χ3n) is 4.54. The van der Waals surface area contributed by atoms with Gasteiger partial charge in [0.1, 0.15) is 0 Å². The summed E-state index contributed by atoms with van der Waals surface area (Å²) < 4.78 is 0. The standard InChI is InChI=1S/C24H20/c1-3-12-20(13-4-1)24(21-14-5-2-6-15-21)23-17-9-16-22(23)18-19-10-7-8-11-19/h1-7,9-17H,8,18H2. The SMILES string of the molecule is C1=CC(=C(c2ccccc2)c2ccccc2)C(CC2=CCC=C2)=C1. The van der Waals surface area contributed by atoms with E-state index >= 15 is 0 Å². The van der Waals surface area contributed by atoms with Crippen molar-refractivity contribution < 1.29 is 0 Å². The maximum absolute atomic E-state index is 2.32. The van der Waals surface area contributed by atoms with E-state index in [9.17, 15) is 0 Å². The van der Waals surface area contributed by atoms with Crippen LogP contribution in [0.3, 0.4) is 0 Å². The Kier molecular flexibility index (Phi) is 4.12. The largest absolute Gasteiger partial charge is 0.0805 e. The van der Waals surface area contributed by atoms with Crippen LogP contribution in [0.5, 0.6) is 0 Å². The van der Waals surface area contributed by atoms with Crippen LogP contribution < -0.4 is 0 Å². The van der Waals surface area contributed by atoms with Gasteiger partial charge in [-0.15, -0.1) is 0 Å². The lowest BCUT2D eigenvalue weighted by molar-refractivity contribution is 1.19. The van der Waals surface area contributed by atoms with Gasteiger partial charge < -0.3 is 0 Å². The van der Waals surface area contributed by atoms with Crippen LogP contribution in [0.25, 0.3) is 5.57 Å². The minimum Gasteiger partial charge on any atom is -0.0805 e. The third kappa shape index (κ3) is 2.96. The Labute approximate surface area is 143 Å². The average Bonchev–Trinajstić information content (AvgIpc) is 3.30. The first-order chi connectivity index (χ1) is 11.9. The molecule has 0 radical (unpaired) electrons. The summed E-state index contributed by atoms with van der Waals surface area (Å²) in [6.45, 7) is 0. The lowest BCUT2D eigenvalue weighted by Crippen LogP contribution is -1.95. The Morgan fingerprint density at radius 2 is 1.46 bits per heavy atom. The lowest BCUT2D eigenvalue weighted by Gasteiger charge is -2.15. The Morgan fingerprint density at radius 1 is 0.792 bits per heavy atom. The maximum atomic E-state index is 2.32. The quantitative estimate of drug-likeness (QED) is 0.625. The van der Waals surface area contributed by atoms with E-state index in [-0.39, 0.29) is 0 Å². The van der Waals surface area contributed by atoms with E-state index in [4.69, 9.17) is 0 Å². The van der Waals surface area contributed by atoms with Gasteiger partial charge in [0.05, 0.1) is 0 Å². The van der Waals surface area contributed by atoms with Crippen molar-refractivity contribution in [3.8, 4) is 0 Å². The smallest absolute Gasteiger partial charge is 0.00228 e. The molecule has 0 aliphatic heterocycles. The van der Waals surface area contributed by atoms with Gasteiger partial charge in [-0.25, -0.2) is 0 Å². The van der Waals surface area contributed by atoms with Crippen molar-refractivity contribution >= 4 is 5.57 Å². The summed E-state index contributed by atoms with van der Waals surface area (Å²) in [5.41, 5.74) is 8.02. The molecule has 0 unspecified atom stereocenters. The number of rotatable bonds is 4. The molecule has 0 nitrogen and oxygen atoms in total. The average molecular weight is 308 g/mol. The van der Waals surface area contributed by atoms with E-state index in [1.807, 2.05) is 0 Å². The zero-order valence-electron chi connectivity index (χ0n) is 13.7. The van der Waals surface area contributed by atoms with Crippen molar-refractivity contribution in [3.63, 3.8) is 0 Å². The molecule has 0 saturated carbocycles. The minimum absolute atomic E-state index is 1.00. The van der Waals surface area contributed by atoms with Crippen molar-refractivity contribution in [3.05, 3.63) is 125 Å². The molecule has 0 N–H and O–H groups in total. The van der Waals surface area contributed by atoms with Crippen LogP contribution in [0.15, 0.2) is 114 Å². The fraction of sp³-hybridized carbons (Fsp3) is 0.0833. The second-order valence-corrected chi connectivity index (χ2v) is 6.17. The van der Waals surface area contributed by atoms with Crippen LogP contribution in [-0.4, -0.2) is 0 Å². The lowest BCUT2D eigenvalue weighted by atomic mass is 9.89. The van der Waals surface area contributed by atoms with Gasteiger partial charge in [0.15, 0.2) is 0 Å². The minimum atomic E-state index is 1.00. The molecule has 2 aromatic carbocycles. The molecule has 0 spiro atoms. The molecule has 2 aliphatic rings. The monoisotopic (exact) mass is 308 g/mol. The van der Waals surface area contributed by atoms with Gasteiger partial charge in [-0.05, 0) is 46.3 Å². The van der Waals surface area contributed by atoms with Gasteiger partial charge in [0, 0.05) is 0 Å². The predicted molar refractivity (Wildman–Crippen MR) is 103 cm³/mol. The normalized spacial score (nSPS) is 15.6. The van der Waals surface area contributed by atoms with Crippen molar-refractivity contribution in [1.82, 2.24) is 0 Å². The summed E-state index contributed by atoms with van der Waals surface area (Å²) in [5, 5.41) is 0. The highest BCUT2D eigenvalue weighted by Gasteiger charge is 2.16. The third-order valence-corrected chi connectivity index (χ3v) is 4.54. The summed E-state index contributed by atoms with van der Waals surface area (Å²) in [6, 6.07) is 21.4. The first kappa shape index (κ1) is 14.7. The number of hydrogen-bond donors (Lipinski definition) is 0. The first-order valence-electron chi connectivity index (χ1n) is 8.50. The molecule has 4 rings (SSSR count). The second kappa shape index (κ2) is 6.72. The van der Waals surface area contributed by atoms with Crippen LogP contribution in [0.4, 0.5) is 0 Å². The van der Waals surface area contributed by atoms with Crippen LogP contribution in [0.1, 0.15) is 24.0 Å². The molecule has 2 aromatic rings. The Bertz CT molecular complexity index is 831. The molecule has 116 valence electrons. The molecule has 0 bridgehead atoms. The van der Waals surface area contributed by atoms with Crippen LogP contribution >= 0.6 is 0 Å². The predicted octanol–water partition coefficient (Wildman–Crippen LogP) is 6.26. The van der Waals surface area contributed by atoms with E-state index in [1.165, 1.54) is 33.4 Å². The molecule has 0 saturated heterocycles. The number of allylic oxidation sites excluding steroid dienone is 9. The summed E-state index contributed by atoms with van der Waals surface area (Å²) in [7, 11) is 0. The fourth-order valence-electron chi connectivity index (χ4n) is 3.40. The zero-order chi connectivity index (χ0) is 16.2. The number of benzene rings is 2. The van der Waals surface area contributed by atoms with Gasteiger partial charge in [-0.2, -0.15) is 0 Å². The highest BCUT2D eigenvalue weighted by atomic mass is 14.2. The topological polar surface area (TPSA) is 0 Å². The van der Waals surface area contributed by atoms with Gasteiger partial charge in [0.25, 0.3) is 0 Å².